The van der Waals surface area contributed by atoms with Gasteiger partial charge in [-0.15, -0.1) is 0 Å². The molecule has 0 saturated carbocycles. The average Bonchev–Trinajstić information content (AvgIpc) is 1.97. The molecule has 0 aliphatic carbocycles. The van der Waals surface area contributed by atoms with E-state index < -0.39 is 0 Å². The molecule has 1 atom stereocenters. The van der Waals surface area contributed by atoms with E-state index in [9.17, 15) is 0 Å². The van der Waals surface area contributed by atoms with Gasteiger partial charge in [-0.1, -0.05) is 19.1 Å². The average molecular weight is 156 g/mol. The smallest absolute Gasteiger partial charge is 0.0517 e. The molecule has 1 unspecified atom stereocenters. The maximum Gasteiger partial charge on any atom is 0.0517 e. The standard InChI is InChI=1S/C9H20N2/c1-4-8(2)6-5-7-11-9(3)10/h9,11H,2,4-7,10H2,1,3H3. The van der Waals surface area contributed by atoms with Crippen LogP contribution in [0.25, 0.3) is 0 Å². The first kappa shape index (κ1) is 10.7. The van der Waals surface area contributed by atoms with Crippen molar-refractivity contribution in [2.45, 2.75) is 39.3 Å². The molecule has 0 aromatic heterocycles. The topological polar surface area (TPSA) is 38.0 Å². The summed E-state index contributed by atoms with van der Waals surface area (Å²) in [5.41, 5.74) is 6.84. The summed E-state index contributed by atoms with van der Waals surface area (Å²) in [6, 6.07) is 0. The summed E-state index contributed by atoms with van der Waals surface area (Å²) >= 11 is 0. The van der Waals surface area contributed by atoms with Crippen LogP contribution in [0.4, 0.5) is 0 Å². The van der Waals surface area contributed by atoms with Crippen molar-refractivity contribution in [3.63, 3.8) is 0 Å². The van der Waals surface area contributed by atoms with Gasteiger partial charge in [0.05, 0.1) is 6.17 Å². The fourth-order valence-electron chi connectivity index (χ4n) is 0.845. The molecule has 11 heavy (non-hydrogen) atoms. The Morgan fingerprint density at radius 2 is 2.27 bits per heavy atom. The third kappa shape index (κ3) is 7.56. The van der Waals surface area contributed by atoms with E-state index in [4.69, 9.17) is 5.73 Å². The Bertz CT molecular complexity index is 108. The largest absolute Gasteiger partial charge is 0.316 e. The zero-order valence-corrected chi connectivity index (χ0v) is 7.69. The Hall–Kier alpha value is -0.340. The fourth-order valence-corrected chi connectivity index (χ4v) is 0.845. The van der Waals surface area contributed by atoms with Crippen molar-refractivity contribution in [3.05, 3.63) is 12.2 Å². The van der Waals surface area contributed by atoms with E-state index in [1.807, 2.05) is 6.92 Å². The first-order chi connectivity index (χ1) is 5.16. The summed E-state index contributed by atoms with van der Waals surface area (Å²) in [6.07, 6.45) is 3.48. The van der Waals surface area contributed by atoms with Crippen LogP contribution < -0.4 is 11.1 Å². The van der Waals surface area contributed by atoms with Crippen molar-refractivity contribution < 1.29 is 0 Å². The number of allylic oxidation sites excluding steroid dienone is 1. The van der Waals surface area contributed by atoms with Crippen LogP contribution in [-0.2, 0) is 0 Å². The second-order valence-corrected chi connectivity index (χ2v) is 2.95. The van der Waals surface area contributed by atoms with Gasteiger partial charge in [0.1, 0.15) is 0 Å². The number of hydrogen-bond donors (Lipinski definition) is 2. The van der Waals surface area contributed by atoms with Gasteiger partial charge in [-0.3, -0.25) is 0 Å². The van der Waals surface area contributed by atoms with Gasteiger partial charge in [0.2, 0.25) is 0 Å². The SMILES string of the molecule is C=C(CC)CCCNC(C)N. The molecular weight excluding hydrogens is 136 g/mol. The van der Waals surface area contributed by atoms with Gasteiger partial charge in [-0.25, -0.2) is 0 Å². The van der Waals surface area contributed by atoms with Crippen LogP contribution in [0, 0.1) is 0 Å². The molecule has 0 bridgehead atoms. The predicted molar refractivity (Wildman–Crippen MR) is 50.3 cm³/mol. The summed E-state index contributed by atoms with van der Waals surface area (Å²) in [6.45, 7) is 9.02. The molecule has 0 fully saturated rings. The molecule has 0 aromatic rings. The van der Waals surface area contributed by atoms with E-state index >= 15 is 0 Å². The van der Waals surface area contributed by atoms with Gasteiger partial charge in [0, 0.05) is 0 Å². The van der Waals surface area contributed by atoms with Crippen molar-refractivity contribution in [3.8, 4) is 0 Å². The lowest BCUT2D eigenvalue weighted by atomic mass is 10.1. The molecular formula is C9H20N2. The zero-order valence-electron chi connectivity index (χ0n) is 7.69. The monoisotopic (exact) mass is 156 g/mol. The van der Waals surface area contributed by atoms with E-state index in [-0.39, 0.29) is 6.17 Å². The Labute approximate surface area is 69.9 Å². The van der Waals surface area contributed by atoms with Crippen molar-refractivity contribution in [1.82, 2.24) is 5.32 Å². The highest BCUT2D eigenvalue weighted by molar-refractivity contribution is 4.91. The highest BCUT2D eigenvalue weighted by Gasteiger charge is 1.93. The van der Waals surface area contributed by atoms with Crippen LogP contribution in [-0.4, -0.2) is 12.7 Å². The van der Waals surface area contributed by atoms with E-state index in [2.05, 4.69) is 18.8 Å². The third-order valence-electron chi connectivity index (χ3n) is 1.67. The van der Waals surface area contributed by atoms with Crippen LogP contribution >= 0.6 is 0 Å². The molecule has 2 nitrogen and oxygen atoms in total. The molecule has 0 spiro atoms. The summed E-state index contributed by atoms with van der Waals surface area (Å²) in [5.74, 6) is 0. The maximum atomic E-state index is 5.51. The van der Waals surface area contributed by atoms with Crippen LogP contribution in [0.2, 0.25) is 0 Å². The minimum Gasteiger partial charge on any atom is -0.316 e. The minimum atomic E-state index is 0.116. The van der Waals surface area contributed by atoms with Crippen LogP contribution in [0.15, 0.2) is 12.2 Å². The van der Waals surface area contributed by atoms with Crippen molar-refractivity contribution in [2.24, 2.45) is 5.73 Å². The number of nitrogens with two attached hydrogens (primary N) is 1. The van der Waals surface area contributed by atoms with Crippen molar-refractivity contribution in [1.29, 1.82) is 0 Å². The van der Waals surface area contributed by atoms with Gasteiger partial charge < -0.3 is 11.1 Å². The quantitative estimate of drug-likeness (QED) is 0.348. The Morgan fingerprint density at radius 1 is 1.64 bits per heavy atom. The molecule has 0 rings (SSSR count). The number of rotatable bonds is 6. The lowest BCUT2D eigenvalue weighted by Gasteiger charge is -2.07. The third-order valence-corrected chi connectivity index (χ3v) is 1.67. The minimum absolute atomic E-state index is 0.116. The Kier molecular flexibility index (Phi) is 6.18. The first-order valence-corrected chi connectivity index (χ1v) is 4.32. The molecule has 0 aliphatic rings. The molecule has 0 heterocycles. The lowest BCUT2D eigenvalue weighted by Crippen LogP contribution is -2.34. The number of nitrogens with one attached hydrogen (secondary N) is 1. The van der Waals surface area contributed by atoms with Crippen LogP contribution in [0.3, 0.4) is 0 Å². The van der Waals surface area contributed by atoms with Gasteiger partial charge in [-0.2, -0.15) is 0 Å². The molecule has 3 N–H and O–H groups in total. The summed E-state index contributed by atoms with van der Waals surface area (Å²) in [5, 5.41) is 3.16. The molecule has 2 heteroatoms. The Balaban J connectivity index is 3.08. The number of hydrogen-bond acceptors (Lipinski definition) is 2. The molecule has 0 amide bonds. The van der Waals surface area contributed by atoms with Gasteiger partial charge in [0.25, 0.3) is 0 Å². The second kappa shape index (κ2) is 6.38. The van der Waals surface area contributed by atoms with Gasteiger partial charge in [0.15, 0.2) is 0 Å². The predicted octanol–water partition coefficient (Wildman–Crippen LogP) is 1.63. The zero-order chi connectivity index (χ0) is 8.69. The first-order valence-electron chi connectivity index (χ1n) is 4.32. The fraction of sp³-hybridized carbons (Fsp3) is 0.778. The molecule has 66 valence electrons. The van der Waals surface area contributed by atoms with Gasteiger partial charge in [-0.05, 0) is 32.7 Å². The van der Waals surface area contributed by atoms with Crippen LogP contribution in [0.1, 0.15) is 33.1 Å². The highest BCUT2D eigenvalue weighted by Crippen LogP contribution is 2.04. The van der Waals surface area contributed by atoms with E-state index in [0.29, 0.717) is 0 Å². The van der Waals surface area contributed by atoms with E-state index in [0.717, 1.165) is 25.8 Å². The highest BCUT2D eigenvalue weighted by atomic mass is 15.0. The summed E-state index contributed by atoms with van der Waals surface area (Å²) in [7, 11) is 0. The molecule has 0 aliphatic heterocycles. The van der Waals surface area contributed by atoms with E-state index in [1.165, 1.54) is 5.57 Å². The molecule has 0 radical (unpaired) electrons. The summed E-state index contributed by atoms with van der Waals surface area (Å²) < 4.78 is 0. The van der Waals surface area contributed by atoms with Crippen molar-refractivity contribution >= 4 is 0 Å². The summed E-state index contributed by atoms with van der Waals surface area (Å²) in [4.78, 5) is 0. The molecule has 0 aromatic carbocycles. The normalized spacial score (nSPS) is 13.0. The maximum absolute atomic E-state index is 5.51. The Morgan fingerprint density at radius 3 is 2.73 bits per heavy atom. The van der Waals surface area contributed by atoms with Gasteiger partial charge >= 0.3 is 0 Å². The van der Waals surface area contributed by atoms with E-state index in [1.54, 1.807) is 0 Å². The van der Waals surface area contributed by atoms with Crippen molar-refractivity contribution in [2.75, 3.05) is 6.54 Å². The second-order valence-electron chi connectivity index (χ2n) is 2.95. The van der Waals surface area contributed by atoms with Crippen LogP contribution in [0.5, 0.6) is 0 Å². The molecule has 0 saturated heterocycles. The lowest BCUT2D eigenvalue weighted by molar-refractivity contribution is 0.550.